The van der Waals surface area contributed by atoms with Gasteiger partial charge in [-0.25, -0.2) is 0 Å². The van der Waals surface area contributed by atoms with E-state index in [0.29, 0.717) is 62.4 Å². The first-order valence-electron chi connectivity index (χ1n) is 29.0. The Hall–Kier alpha value is -5.30. The molecule has 6 rings (SSSR count). The Kier molecular flexibility index (Phi) is 40.0. The first-order chi connectivity index (χ1) is 42.9. The number of hydrogen-bond donors (Lipinski definition) is 9. The van der Waals surface area contributed by atoms with Gasteiger partial charge in [-0.15, -0.1) is 0 Å². The van der Waals surface area contributed by atoms with Gasteiger partial charge in [0.15, 0.2) is 0 Å². The van der Waals surface area contributed by atoms with Crippen LogP contribution in [0.15, 0.2) is 146 Å². The summed E-state index contributed by atoms with van der Waals surface area (Å²) in [4.78, 5) is 26.4. The van der Waals surface area contributed by atoms with Gasteiger partial charge in [-0.2, -0.15) is 0 Å². The van der Waals surface area contributed by atoms with Crippen molar-refractivity contribution in [2.24, 2.45) is 0 Å². The first kappa shape index (κ1) is 82.7. The topological polar surface area (TPSA) is 355 Å². The van der Waals surface area contributed by atoms with E-state index in [9.17, 15) is 0 Å². The zero-order valence-corrected chi connectivity index (χ0v) is 61.1. The second kappa shape index (κ2) is 43.5. The predicted molar refractivity (Wildman–Crippen MR) is 371 cm³/mol. The standard InChI is InChI=1S/C15H27NO3Si.C12H21NO3Si.3C9H15NO3Si.C6H9NO3Si/c1-4-11-17-20(18-12-5-2,19-13-6-3)15-9-7-14(16)8-10-15;1-4-14-17(15-5-2,16-6-3)12-9-7-11(13)8-10-12;1-11-14(12-2,13-3)9-6-4-8(10)5-7-9;1-11-14(12-2,13-3)9-6-4-5-8(10)7-9;1-11-14(12-2,13-3)9-7-5-4-6-8(9)10;7-5-1-3-6(4-2-5)11(8,9)10/h7-10H,4-6,11-13,16H2,1-3H3;7-10H,4-6,13H2,1-3H3;3*4-7H,10H2,1-3H3;1-4,8-10H,7H2. The lowest BCUT2D eigenvalue weighted by Gasteiger charge is -2.29. The van der Waals surface area contributed by atoms with Crippen LogP contribution in [-0.2, 0) is 66.4 Å². The lowest BCUT2D eigenvalue weighted by atomic mass is 10.3. The number of anilines is 6. The maximum atomic E-state index is 8.79. The summed E-state index contributed by atoms with van der Waals surface area (Å²) in [6.07, 6.45) is 2.82. The van der Waals surface area contributed by atoms with Gasteiger partial charge < -0.3 is 115 Å². The van der Waals surface area contributed by atoms with Gasteiger partial charge in [-0.05, 0) is 107 Å². The number of nitrogen functional groups attached to an aromatic ring is 6. The van der Waals surface area contributed by atoms with Crippen molar-refractivity contribution in [2.45, 2.75) is 60.8 Å². The van der Waals surface area contributed by atoms with Crippen molar-refractivity contribution < 1.29 is 80.8 Å². The number of nitrogens with two attached hydrogens (primary N) is 6. The first-order valence-corrected chi connectivity index (χ1v) is 39.5. The molecule has 0 spiro atoms. The molecule has 0 bridgehead atoms. The summed E-state index contributed by atoms with van der Waals surface area (Å²) in [5.74, 6) is 0. The van der Waals surface area contributed by atoms with Crippen LogP contribution in [0.25, 0.3) is 0 Å². The Bertz CT molecular complexity index is 2750. The molecule has 0 unspecified atom stereocenters. The van der Waals surface area contributed by atoms with Gasteiger partial charge in [0.25, 0.3) is 0 Å². The minimum atomic E-state index is -4.11. The van der Waals surface area contributed by atoms with E-state index in [4.69, 9.17) is 115 Å². The van der Waals surface area contributed by atoms with Crippen molar-refractivity contribution in [2.75, 3.05) is 138 Å². The van der Waals surface area contributed by atoms with Gasteiger partial charge in [0.05, 0.1) is 0 Å². The van der Waals surface area contributed by atoms with Gasteiger partial charge in [0.2, 0.25) is 0 Å². The quantitative estimate of drug-likeness (QED) is 0.0229. The molecular formula is C60H102N6O18Si6. The fourth-order valence-electron chi connectivity index (χ4n) is 8.09. The number of hydrogen-bond acceptors (Lipinski definition) is 24. The average Bonchev–Trinajstić information content (AvgIpc) is 1.01. The van der Waals surface area contributed by atoms with Crippen LogP contribution in [0.4, 0.5) is 34.1 Å². The van der Waals surface area contributed by atoms with Crippen molar-refractivity contribution in [3.63, 3.8) is 0 Å². The second-order valence-corrected chi connectivity index (χ2v) is 34.5. The Morgan fingerprint density at radius 2 is 0.578 bits per heavy atom. The highest BCUT2D eigenvalue weighted by Gasteiger charge is 2.46. The van der Waals surface area contributed by atoms with Crippen molar-refractivity contribution in [3.8, 4) is 0 Å². The van der Waals surface area contributed by atoms with E-state index in [1.165, 1.54) is 24.3 Å². The highest BCUT2D eigenvalue weighted by atomic mass is 28.4. The molecule has 0 radical (unpaired) electrons. The zero-order valence-electron chi connectivity index (χ0n) is 55.1. The molecule has 0 aliphatic carbocycles. The van der Waals surface area contributed by atoms with Crippen molar-refractivity contribution in [3.05, 3.63) is 146 Å². The van der Waals surface area contributed by atoms with E-state index in [-0.39, 0.29) is 5.19 Å². The van der Waals surface area contributed by atoms with Gasteiger partial charge in [0, 0.05) is 169 Å². The Labute approximate surface area is 540 Å². The van der Waals surface area contributed by atoms with E-state index in [1.807, 2.05) is 124 Å². The lowest BCUT2D eigenvalue weighted by Crippen LogP contribution is -2.57. The third-order valence-electron chi connectivity index (χ3n) is 12.5. The molecule has 0 amide bonds. The van der Waals surface area contributed by atoms with Gasteiger partial charge in [-0.3, -0.25) is 0 Å². The van der Waals surface area contributed by atoms with Gasteiger partial charge in [-0.1, -0.05) is 99.6 Å². The average molecular weight is 1360 g/mol. The van der Waals surface area contributed by atoms with Crippen LogP contribution in [0.1, 0.15) is 60.8 Å². The van der Waals surface area contributed by atoms with Gasteiger partial charge >= 0.3 is 52.8 Å². The monoisotopic (exact) mass is 1360 g/mol. The highest BCUT2D eigenvalue weighted by molar-refractivity contribution is 6.77. The molecule has 90 heavy (non-hydrogen) atoms. The number of para-hydroxylation sites is 1. The molecule has 0 aromatic heterocycles. The predicted octanol–water partition coefficient (Wildman–Crippen LogP) is 3.67. The van der Waals surface area contributed by atoms with Crippen molar-refractivity contribution in [1.29, 1.82) is 0 Å². The molecule has 6 aromatic rings. The van der Waals surface area contributed by atoms with Crippen LogP contribution in [0.2, 0.25) is 0 Å². The van der Waals surface area contributed by atoms with Crippen LogP contribution in [-0.4, -0.2) is 171 Å². The molecule has 0 heterocycles. The molecule has 0 aliphatic rings. The van der Waals surface area contributed by atoms with Crippen LogP contribution < -0.4 is 65.5 Å². The third-order valence-corrected chi connectivity index (χ3v) is 27.5. The molecule has 0 aliphatic heterocycles. The Morgan fingerprint density at radius 1 is 0.289 bits per heavy atom. The van der Waals surface area contributed by atoms with E-state index in [1.54, 1.807) is 82.2 Å². The minimum Gasteiger partial charge on any atom is -0.399 e. The molecule has 0 atom stereocenters. The van der Waals surface area contributed by atoms with Crippen LogP contribution in [0, 0.1) is 0 Å². The summed E-state index contributed by atoms with van der Waals surface area (Å²) >= 11 is 0. The summed E-state index contributed by atoms with van der Waals surface area (Å²) < 4.78 is 83.4. The molecular weight excluding hydrogens is 1260 g/mol. The van der Waals surface area contributed by atoms with E-state index in [2.05, 4.69) is 20.8 Å². The fourth-order valence-corrected chi connectivity index (χ4v) is 19.4. The molecule has 504 valence electrons. The maximum Gasteiger partial charge on any atom is 0.538 e. The molecule has 15 N–H and O–H groups in total. The molecule has 6 aromatic carbocycles. The van der Waals surface area contributed by atoms with Crippen LogP contribution in [0.5, 0.6) is 0 Å². The Balaban J connectivity index is 0.000000545. The minimum absolute atomic E-state index is 0.131. The normalized spacial score (nSPS) is 11.7. The fraction of sp³-hybridized carbons (Fsp3) is 0.400. The lowest BCUT2D eigenvalue weighted by molar-refractivity contribution is 0.0731. The Morgan fingerprint density at radius 3 is 0.856 bits per heavy atom. The van der Waals surface area contributed by atoms with Crippen molar-refractivity contribution >= 4 is 118 Å². The third kappa shape index (κ3) is 26.0. The van der Waals surface area contributed by atoms with Crippen LogP contribution >= 0.6 is 0 Å². The summed E-state index contributed by atoms with van der Waals surface area (Å²) in [5.41, 5.74) is 37.9. The maximum absolute atomic E-state index is 8.79. The number of benzene rings is 6. The summed E-state index contributed by atoms with van der Waals surface area (Å²) in [6, 6.07) is 43.0. The molecule has 30 heteroatoms. The SMILES string of the molecule is CCCO[Si](OCCC)(OCCC)c1ccc(N)cc1.CCO[Si](OCC)(OCC)c1ccc(N)cc1.CO[Si](OC)(OC)c1ccc(N)cc1.CO[Si](OC)(OC)c1cccc(N)c1.CO[Si](OC)(OC)c1ccccc1N.Nc1ccc([Si](O)(O)O)cc1. The van der Waals surface area contributed by atoms with E-state index < -0.39 is 52.8 Å². The van der Waals surface area contributed by atoms with Crippen molar-refractivity contribution in [1.82, 2.24) is 0 Å². The smallest absolute Gasteiger partial charge is 0.399 e. The second-order valence-electron chi connectivity index (χ2n) is 18.8. The van der Waals surface area contributed by atoms with Gasteiger partial charge in [0.1, 0.15) is 0 Å². The number of rotatable bonds is 30. The molecule has 0 saturated carbocycles. The van der Waals surface area contributed by atoms with E-state index >= 15 is 0 Å². The molecule has 0 saturated heterocycles. The largest absolute Gasteiger partial charge is 0.538 e. The van der Waals surface area contributed by atoms with Crippen LogP contribution in [0.3, 0.4) is 0 Å². The highest BCUT2D eigenvalue weighted by Crippen LogP contribution is 2.17. The zero-order chi connectivity index (χ0) is 67.9. The molecule has 24 nitrogen and oxygen atoms in total. The molecule has 0 fully saturated rings. The summed E-state index contributed by atoms with van der Waals surface area (Å²) in [6.45, 7) is 15.7. The summed E-state index contributed by atoms with van der Waals surface area (Å²) in [5, 5.41) is 4.64. The van der Waals surface area contributed by atoms with E-state index in [0.717, 1.165) is 56.6 Å². The summed E-state index contributed by atoms with van der Waals surface area (Å²) in [7, 11) is -3.68.